The molecule has 4 rings (SSSR count). The summed E-state index contributed by atoms with van der Waals surface area (Å²) >= 11 is 6.06. The third-order valence-electron chi connectivity index (χ3n) is 5.56. The Labute approximate surface area is 186 Å². The average Bonchev–Trinajstić information content (AvgIpc) is 3.23. The molecule has 1 atom stereocenters. The molecule has 31 heavy (non-hydrogen) atoms. The second-order valence-electron chi connectivity index (χ2n) is 7.40. The monoisotopic (exact) mass is 443 g/mol. The van der Waals surface area contributed by atoms with Crippen molar-refractivity contribution in [1.82, 2.24) is 15.2 Å². The predicted molar refractivity (Wildman–Crippen MR) is 120 cm³/mol. The van der Waals surface area contributed by atoms with E-state index in [9.17, 15) is 4.79 Å². The quantitative estimate of drug-likeness (QED) is 0.583. The minimum Gasteiger partial charge on any atom is -0.493 e. The van der Waals surface area contributed by atoms with Crippen molar-refractivity contribution in [3.8, 4) is 11.5 Å². The summed E-state index contributed by atoms with van der Waals surface area (Å²) in [6, 6.07) is 13.2. The molecule has 2 heterocycles. The molecule has 0 saturated carbocycles. The molecule has 1 amide bonds. The van der Waals surface area contributed by atoms with Crippen molar-refractivity contribution in [2.75, 3.05) is 47.1 Å². The van der Waals surface area contributed by atoms with Crippen LogP contribution >= 0.6 is 11.6 Å². The number of benzene rings is 2. The summed E-state index contributed by atoms with van der Waals surface area (Å²) in [5.74, 6) is 1.18. The fraction of sp³-hybridized carbons (Fsp3) is 0.348. The maximum absolute atomic E-state index is 12.9. The van der Waals surface area contributed by atoms with Gasteiger partial charge in [0.25, 0.3) is 5.91 Å². The fourth-order valence-electron chi connectivity index (χ4n) is 3.92. The number of aromatic nitrogens is 1. The highest BCUT2D eigenvalue weighted by atomic mass is 35.5. The number of nitrogens with zero attached hydrogens (tertiary/aromatic N) is 1. The normalized spacial score (nSPS) is 15.6. The average molecular weight is 444 g/mol. The Balaban J connectivity index is 1.55. The minimum atomic E-state index is -0.161. The number of carbonyl (C=O) groups is 1. The Kier molecular flexibility index (Phi) is 6.65. The Morgan fingerprint density at radius 3 is 2.65 bits per heavy atom. The molecule has 164 valence electrons. The molecule has 0 spiro atoms. The fourth-order valence-corrected chi connectivity index (χ4v) is 4.10. The van der Waals surface area contributed by atoms with Crippen LogP contribution in [0.25, 0.3) is 10.9 Å². The van der Waals surface area contributed by atoms with Gasteiger partial charge in [-0.05, 0) is 42.0 Å². The molecular weight excluding hydrogens is 418 g/mol. The molecule has 1 aliphatic heterocycles. The van der Waals surface area contributed by atoms with Crippen molar-refractivity contribution in [2.24, 2.45) is 0 Å². The summed E-state index contributed by atoms with van der Waals surface area (Å²) in [6.07, 6.45) is 0. The smallest absolute Gasteiger partial charge is 0.267 e. The van der Waals surface area contributed by atoms with E-state index in [1.165, 1.54) is 0 Å². The van der Waals surface area contributed by atoms with E-state index in [2.05, 4.69) is 15.2 Å². The molecule has 0 aliphatic carbocycles. The topological polar surface area (TPSA) is 75.8 Å². The summed E-state index contributed by atoms with van der Waals surface area (Å²) in [5.41, 5.74) is 2.42. The summed E-state index contributed by atoms with van der Waals surface area (Å²) in [6.45, 7) is 3.37. The lowest BCUT2D eigenvalue weighted by molar-refractivity contribution is 0.0161. The number of methoxy groups -OCH3 is 2. The Bertz CT molecular complexity index is 1060. The molecule has 0 radical (unpaired) electrons. The van der Waals surface area contributed by atoms with Gasteiger partial charge in [-0.3, -0.25) is 9.69 Å². The van der Waals surface area contributed by atoms with Gasteiger partial charge in [0, 0.05) is 35.6 Å². The van der Waals surface area contributed by atoms with Crippen LogP contribution in [-0.4, -0.2) is 62.9 Å². The van der Waals surface area contributed by atoms with Gasteiger partial charge in [-0.25, -0.2) is 0 Å². The van der Waals surface area contributed by atoms with Crippen LogP contribution in [-0.2, 0) is 4.74 Å². The third-order valence-corrected chi connectivity index (χ3v) is 5.80. The number of ether oxygens (including phenoxy) is 3. The van der Waals surface area contributed by atoms with Gasteiger partial charge < -0.3 is 24.5 Å². The standard InChI is InChI=1S/C23H26ClN3O4/c1-29-21-6-3-15(13-22(21)30-2)20(27-7-9-31-10-8-27)14-25-23(28)19-12-16-11-17(24)4-5-18(16)26-19/h3-6,11-13,20,26H,7-10,14H2,1-2H3,(H,25,28). The van der Waals surface area contributed by atoms with Crippen LogP contribution < -0.4 is 14.8 Å². The van der Waals surface area contributed by atoms with Crippen LogP contribution in [0.2, 0.25) is 5.02 Å². The number of amides is 1. The highest BCUT2D eigenvalue weighted by Crippen LogP contribution is 2.32. The van der Waals surface area contributed by atoms with Gasteiger partial charge in [0.2, 0.25) is 0 Å². The molecule has 2 aromatic carbocycles. The van der Waals surface area contributed by atoms with Crippen molar-refractivity contribution < 1.29 is 19.0 Å². The lowest BCUT2D eigenvalue weighted by Crippen LogP contribution is -2.43. The van der Waals surface area contributed by atoms with Crippen molar-refractivity contribution in [3.05, 3.63) is 58.7 Å². The Hall–Kier alpha value is -2.74. The van der Waals surface area contributed by atoms with E-state index in [1.54, 1.807) is 20.3 Å². The van der Waals surface area contributed by atoms with Crippen molar-refractivity contribution in [1.29, 1.82) is 0 Å². The van der Waals surface area contributed by atoms with E-state index in [0.29, 0.717) is 42.0 Å². The minimum absolute atomic E-state index is 0.0218. The summed E-state index contributed by atoms with van der Waals surface area (Å²) < 4.78 is 16.4. The van der Waals surface area contributed by atoms with Crippen molar-refractivity contribution in [2.45, 2.75) is 6.04 Å². The predicted octanol–water partition coefficient (Wildman–Crippen LogP) is 3.64. The van der Waals surface area contributed by atoms with Crippen LogP contribution in [0.3, 0.4) is 0 Å². The molecular formula is C23H26ClN3O4. The summed E-state index contributed by atoms with van der Waals surface area (Å²) in [7, 11) is 3.24. The van der Waals surface area contributed by atoms with Crippen LogP contribution in [0.5, 0.6) is 11.5 Å². The number of nitrogens with one attached hydrogen (secondary N) is 2. The van der Waals surface area contributed by atoms with Gasteiger partial charge in [0.05, 0.1) is 33.5 Å². The number of hydrogen-bond acceptors (Lipinski definition) is 5. The number of morpholine rings is 1. The Morgan fingerprint density at radius 2 is 1.90 bits per heavy atom. The number of halogens is 1. The maximum atomic E-state index is 12.9. The zero-order chi connectivity index (χ0) is 21.8. The van der Waals surface area contributed by atoms with Gasteiger partial charge in [-0.1, -0.05) is 17.7 Å². The van der Waals surface area contributed by atoms with Crippen LogP contribution in [0.15, 0.2) is 42.5 Å². The number of aromatic amines is 1. The van der Waals surface area contributed by atoms with Gasteiger partial charge in [0.1, 0.15) is 5.69 Å². The molecule has 1 saturated heterocycles. The van der Waals surface area contributed by atoms with Crippen molar-refractivity contribution >= 4 is 28.4 Å². The molecule has 1 aliphatic rings. The molecule has 1 fully saturated rings. The summed E-state index contributed by atoms with van der Waals surface area (Å²) in [5, 5.41) is 4.62. The maximum Gasteiger partial charge on any atom is 0.267 e. The lowest BCUT2D eigenvalue weighted by atomic mass is 10.0. The molecule has 1 unspecified atom stereocenters. The molecule has 7 nitrogen and oxygen atoms in total. The van der Waals surface area contributed by atoms with Gasteiger partial charge >= 0.3 is 0 Å². The van der Waals surface area contributed by atoms with Gasteiger partial charge in [-0.15, -0.1) is 0 Å². The van der Waals surface area contributed by atoms with E-state index >= 15 is 0 Å². The molecule has 8 heteroatoms. The number of H-pyrrole nitrogens is 1. The Morgan fingerprint density at radius 1 is 1.13 bits per heavy atom. The third kappa shape index (κ3) is 4.79. The van der Waals surface area contributed by atoms with Gasteiger partial charge in [0.15, 0.2) is 11.5 Å². The number of carbonyl (C=O) groups excluding carboxylic acids is 1. The molecule has 0 bridgehead atoms. The van der Waals surface area contributed by atoms with E-state index in [0.717, 1.165) is 29.6 Å². The van der Waals surface area contributed by atoms with E-state index in [-0.39, 0.29) is 11.9 Å². The van der Waals surface area contributed by atoms with Crippen LogP contribution in [0.1, 0.15) is 22.1 Å². The summed E-state index contributed by atoms with van der Waals surface area (Å²) in [4.78, 5) is 18.4. The largest absolute Gasteiger partial charge is 0.493 e. The zero-order valence-electron chi connectivity index (χ0n) is 17.6. The molecule has 3 aromatic rings. The SMILES string of the molecule is COc1ccc(C(CNC(=O)c2cc3cc(Cl)ccc3[nH]2)N2CCOCC2)cc1OC. The highest BCUT2D eigenvalue weighted by Gasteiger charge is 2.25. The van der Waals surface area contributed by atoms with Gasteiger partial charge in [-0.2, -0.15) is 0 Å². The van der Waals surface area contributed by atoms with E-state index in [4.69, 9.17) is 25.8 Å². The van der Waals surface area contributed by atoms with Crippen LogP contribution in [0, 0.1) is 0 Å². The number of hydrogen-bond donors (Lipinski definition) is 2. The highest BCUT2D eigenvalue weighted by molar-refractivity contribution is 6.31. The van der Waals surface area contributed by atoms with E-state index < -0.39 is 0 Å². The molecule has 1 aromatic heterocycles. The number of fused-ring (bicyclic) bond motifs is 1. The molecule has 2 N–H and O–H groups in total. The second kappa shape index (κ2) is 9.60. The number of rotatable bonds is 7. The lowest BCUT2D eigenvalue weighted by Gasteiger charge is -2.35. The van der Waals surface area contributed by atoms with Crippen LogP contribution in [0.4, 0.5) is 0 Å². The first kappa shape index (κ1) is 21.5. The second-order valence-corrected chi connectivity index (χ2v) is 7.84. The first-order chi connectivity index (χ1) is 15.1. The van der Waals surface area contributed by atoms with E-state index in [1.807, 2.05) is 36.4 Å². The first-order valence-corrected chi connectivity index (χ1v) is 10.6. The zero-order valence-corrected chi connectivity index (χ0v) is 18.4. The first-order valence-electron chi connectivity index (χ1n) is 10.2. The van der Waals surface area contributed by atoms with Crippen molar-refractivity contribution in [3.63, 3.8) is 0 Å².